The lowest BCUT2D eigenvalue weighted by molar-refractivity contribution is -0.118. The van der Waals surface area contributed by atoms with Gasteiger partial charge in [-0.15, -0.1) is 5.73 Å². The third-order valence-electron chi connectivity index (χ3n) is 2.22. The van der Waals surface area contributed by atoms with E-state index in [0.29, 0.717) is 0 Å². The van der Waals surface area contributed by atoms with Crippen molar-refractivity contribution in [1.82, 2.24) is 5.73 Å². The Morgan fingerprint density at radius 3 is 2.57 bits per heavy atom. The fourth-order valence-corrected chi connectivity index (χ4v) is 1.61. The summed E-state index contributed by atoms with van der Waals surface area (Å²) >= 11 is 0. The fourth-order valence-electron chi connectivity index (χ4n) is 1.61. The summed E-state index contributed by atoms with van der Waals surface area (Å²) in [5.41, 5.74) is 9.60. The molecule has 0 saturated heterocycles. The predicted molar refractivity (Wildman–Crippen MR) is 54.8 cm³/mol. The summed E-state index contributed by atoms with van der Waals surface area (Å²) in [4.78, 5) is 10.6. The maximum Gasteiger partial charge on any atom is 0.269 e. The zero-order valence-electron chi connectivity index (χ0n) is 7.60. The molecular formula is C12H9NO. The Bertz CT molecular complexity index is 471. The van der Waals surface area contributed by atoms with Crippen LogP contribution in [0.2, 0.25) is 0 Å². The van der Waals surface area contributed by atoms with Gasteiger partial charge in [0, 0.05) is 0 Å². The largest absolute Gasteiger partial charge is 0.271 e. The summed E-state index contributed by atoms with van der Waals surface area (Å²) < 4.78 is 0. The van der Waals surface area contributed by atoms with Gasteiger partial charge in [0.1, 0.15) is 0 Å². The summed E-state index contributed by atoms with van der Waals surface area (Å²) in [5, 5.41) is 2.11. The molecule has 2 rings (SSSR count). The second-order valence-electron chi connectivity index (χ2n) is 3.21. The quantitative estimate of drug-likeness (QED) is 0.701. The highest BCUT2D eigenvalue weighted by atomic mass is 16.1. The van der Waals surface area contributed by atoms with Gasteiger partial charge < -0.3 is 0 Å². The first-order chi connectivity index (χ1) is 6.77. The second-order valence-corrected chi connectivity index (χ2v) is 3.21. The highest BCUT2D eigenvalue weighted by Gasteiger charge is 2.03. The zero-order chi connectivity index (χ0) is 9.97. The molecule has 2 nitrogen and oxygen atoms in total. The average Bonchev–Trinajstić information content (AvgIpc) is 2.18. The molecule has 0 aliphatic carbocycles. The number of benzene rings is 2. The van der Waals surface area contributed by atoms with E-state index in [1.165, 1.54) is 0 Å². The minimum Gasteiger partial charge on any atom is -0.271 e. The molecule has 2 aromatic carbocycles. The summed E-state index contributed by atoms with van der Waals surface area (Å²) in [6.45, 7) is 0. The van der Waals surface area contributed by atoms with Gasteiger partial charge in [-0.3, -0.25) is 4.79 Å². The molecule has 0 fully saturated rings. The third kappa shape index (κ3) is 1.59. The summed E-state index contributed by atoms with van der Waals surface area (Å²) in [7, 11) is 0. The van der Waals surface area contributed by atoms with E-state index in [0.717, 1.165) is 16.3 Å². The first kappa shape index (κ1) is 8.75. The van der Waals surface area contributed by atoms with Gasteiger partial charge in [-0.2, -0.15) is 0 Å². The van der Waals surface area contributed by atoms with E-state index in [4.69, 9.17) is 5.73 Å². The van der Waals surface area contributed by atoms with Crippen molar-refractivity contribution in [3.05, 3.63) is 48.0 Å². The first-order valence-corrected chi connectivity index (χ1v) is 4.46. The SMILES string of the molecule is [N]C(=O)Cc1cccc2ccccc12. The fraction of sp³-hybridized carbons (Fsp3) is 0.0833. The molecule has 0 spiro atoms. The van der Waals surface area contributed by atoms with Gasteiger partial charge in [-0.05, 0) is 16.3 Å². The van der Waals surface area contributed by atoms with Crippen LogP contribution in [0.25, 0.3) is 10.8 Å². The van der Waals surface area contributed by atoms with Crippen LogP contribution in [0.1, 0.15) is 5.56 Å². The molecule has 1 amide bonds. The Balaban J connectivity index is 2.59. The van der Waals surface area contributed by atoms with Crippen molar-refractivity contribution in [3.63, 3.8) is 0 Å². The van der Waals surface area contributed by atoms with E-state index in [2.05, 4.69) is 0 Å². The smallest absolute Gasteiger partial charge is 0.269 e. The molecule has 2 aromatic rings. The average molecular weight is 183 g/mol. The number of hydrogen-bond donors (Lipinski definition) is 0. The maximum absolute atomic E-state index is 10.6. The van der Waals surface area contributed by atoms with Crippen LogP contribution in [0.5, 0.6) is 0 Å². The van der Waals surface area contributed by atoms with Crippen LogP contribution >= 0.6 is 0 Å². The van der Waals surface area contributed by atoms with Crippen molar-refractivity contribution in [3.8, 4) is 0 Å². The minimum atomic E-state index is -0.790. The summed E-state index contributed by atoms with van der Waals surface area (Å²) in [6.07, 6.45) is 0.0847. The number of carbonyl (C=O) groups excluding carboxylic acids is 1. The molecule has 0 N–H and O–H groups in total. The molecule has 0 bridgehead atoms. The molecule has 68 valence electrons. The van der Waals surface area contributed by atoms with Crippen molar-refractivity contribution >= 4 is 16.7 Å². The van der Waals surface area contributed by atoms with Gasteiger partial charge in [-0.25, -0.2) is 0 Å². The molecule has 0 unspecified atom stereocenters. The maximum atomic E-state index is 10.6. The van der Waals surface area contributed by atoms with Gasteiger partial charge in [-0.1, -0.05) is 42.5 Å². The van der Waals surface area contributed by atoms with E-state index in [1.807, 2.05) is 42.5 Å². The molecule has 2 radical (unpaired) electrons. The van der Waals surface area contributed by atoms with Crippen LogP contribution in [0.15, 0.2) is 42.5 Å². The van der Waals surface area contributed by atoms with E-state index in [-0.39, 0.29) is 6.42 Å². The van der Waals surface area contributed by atoms with Crippen LogP contribution in [-0.4, -0.2) is 5.91 Å². The van der Waals surface area contributed by atoms with E-state index in [1.54, 1.807) is 0 Å². The highest BCUT2D eigenvalue weighted by molar-refractivity contribution is 5.89. The number of amides is 1. The Kier molecular flexibility index (Phi) is 2.19. The molecule has 0 aliphatic rings. The number of fused-ring (bicyclic) bond motifs is 1. The molecular weight excluding hydrogens is 174 g/mol. The number of hydrogen-bond acceptors (Lipinski definition) is 1. The lowest BCUT2D eigenvalue weighted by Gasteiger charge is -2.02. The van der Waals surface area contributed by atoms with Gasteiger partial charge in [0.15, 0.2) is 0 Å². The Morgan fingerprint density at radius 1 is 1.07 bits per heavy atom. The first-order valence-electron chi connectivity index (χ1n) is 4.46. The number of rotatable bonds is 2. The number of nitrogens with zero attached hydrogens (tertiary/aromatic N) is 1. The van der Waals surface area contributed by atoms with E-state index >= 15 is 0 Å². The normalized spacial score (nSPS) is 10.3. The van der Waals surface area contributed by atoms with Crippen molar-refractivity contribution < 1.29 is 4.79 Å². The standard InChI is InChI=1S/C12H9NO/c13-12(14)8-10-6-3-5-9-4-1-2-7-11(9)10/h1-7H,8H2. The van der Waals surface area contributed by atoms with Crippen LogP contribution in [-0.2, 0) is 11.2 Å². The minimum absolute atomic E-state index is 0.0847. The van der Waals surface area contributed by atoms with E-state index < -0.39 is 5.91 Å². The van der Waals surface area contributed by atoms with E-state index in [9.17, 15) is 4.79 Å². The van der Waals surface area contributed by atoms with Crippen molar-refractivity contribution in [2.45, 2.75) is 6.42 Å². The molecule has 0 heterocycles. The van der Waals surface area contributed by atoms with Crippen molar-refractivity contribution in [2.24, 2.45) is 0 Å². The lowest BCUT2D eigenvalue weighted by atomic mass is 10.0. The monoisotopic (exact) mass is 183 g/mol. The Morgan fingerprint density at radius 2 is 1.79 bits per heavy atom. The summed E-state index contributed by atoms with van der Waals surface area (Å²) in [5.74, 6) is -0.790. The van der Waals surface area contributed by atoms with Crippen molar-refractivity contribution in [2.75, 3.05) is 0 Å². The van der Waals surface area contributed by atoms with Crippen molar-refractivity contribution in [1.29, 1.82) is 0 Å². The van der Waals surface area contributed by atoms with Crippen LogP contribution < -0.4 is 5.73 Å². The molecule has 0 saturated carbocycles. The van der Waals surface area contributed by atoms with Gasteiger partial charge in [0.25, 0.3) is 5.91 Å². The third-order valence-corrected chi connectivity index (χ3v) is 2.22. The molecule has 0 aliphatic heterocycles. The Hall–Kier alpha value is -1.83. The van der Waals surface area contributed by atoms with Gasteiger partial charge in [0.05, 0.1) is 6.42 Å². The molecule has 2 heteroatoms. The predicted octanol–water partition coefficient (Wildman–Crippen LogP) is 1.98. The molecule has 0 aromatic heterocycles. The molecule has 14 heavy (non-hydrogen) atoms. The van der Waals surface area contributed by atoms with Crippen LogP contribution in [0.3, 0.4) is 0 Å². The topological polar surface area (TPSA) is 39.4 Å². The van der Waals surface area contributed by atoms with Gasteiger partial charge >= 0.3 is 0 Å². The summed E-state index contributed by atoms with van der Waals surface area (Å²) in [6, 6.07) is 13.5. The van der Waals surface area contributed by atoms with Crippen LogP contribution in [0.4, 0.5) is 0 Å². The highest BCUT2D eigenvalue weighted by Crippen LogP contribution is 2.18. The zero-order valence-corrected chi connectivity index (χ0v) is 7.60. The van der Waals surface area contributed by atoms with Crippen LogP contribution in [0, 0.1) is 0 Å². The van der Waals surface area contributed by atoms with Gasteiger partial charge in [0.2, 0.25) is 0 Å². The molecule has 0 atom stereocenters. The number of carbonyl (C=O) groups is 1. The lowest BCUT2D eigenvalue weighted by Crippen LogP contribution is -2.02. The Labute approximate surface area is 82.3 Å². The second kappa shape index (κ2) is 3.50.